The number of carbonyl (C=O) groups excluding carboxylic acids is 2. The Bertz CT molecular complexity index is 1030. The van der Waals surface area contributed by atoms with Gasteiger partial charge < -0.3 is 9.80 Å². The van der Waals surface area contributed by atoms with Crippen LogP contribution in [0.2, 0.25) is 0 Å². The van der Waals surface area contributed by atoms with E-state index in [4.69, 9.17) is 0 Å². The second kappa shape index (κ2) is 10.2. The largest absolute Gasteiger partial charge is 0.338 e. The van der Waals surface area contributed by atoms with Gasteiger partial charge in [0.2, 0.25) is 0 Å². The van der Waals surface area contributed by atoms with Crippen LogP contribution in [-0.2, 0) is 6.54 Å². The summed E-state index contributed by atoms with van der Waals surface area (Å²) in [6.45, 7) is 4.61. The molecule has 1 aliphatic heterocycles. The molecule has 1 saturated heterocycles. The molecule has 0 spiro atoms. The fraction of sp³-hybridized carbons (Fsp3) is 0.360. The lowest BCUT2D eigenvalue weighted by atomic mass is 10.0. The molecule has 0 unspecified atom stereocenters. The van der Waals surface area contributed by atoms with E-state index >= 15 is 0 Å². The van der Waals surface area contributed by atoms with Gasteiger partial charge in [-0.05, 0) is 37.0 Å². The van der Waals surface area contributed by atoms with E-state index in [1.54, 1.807) is 10.9 Å². The topological polar surface area (TPSA) is 71.3 Å². The molecule has 1 fully saturated rings. The Morgan fingerprint density at radius 3 is 2.31 bits per heavy atom. The van der Waals surface area contributed by atoms with Crippen molar-refractivity contribution in [3.63, 3.8) is 0 Å². The molecule has 0 N–H and O–H groups in total. The van der Waals surface area contributed by atoms with Crippen LogP contribution in [0.15, 0.2) is 66.9 Å². The van der Waals surface area contributed by atoms with Gasteiger partial charge in [-0.15, -0.1) is 5.10 Å². The van der Waals surface area contributed by atoms with Crippen molar-refractivity contribution in [3.05, 3.63) is 83.7 Å². The van der Waals surface area contributed by atoms with Crippen LogP contribution in [0.1, 0.15) is 52.6 Å². The van der Waals surface area contributed by atoms with Crippen molar-refractivity contribution in [1.82, 2.24) is 24.8 Å². The third-order valence-corrected chi connectivity index (χ3v) is 5.88. The van der Waals surface area contributed by atoms with Crippen LogP contribution in [-0.4, -0.2) is 62.3 Å². The highest BCUT2D eigenvalue weighted by Crippen LogP contribution is 2.21. The molecule has 0 radical (unpaired) electrons. The van der Waals surface area contributed by atoms with E-state index < -0.39 is 0 Å². The van der Waals surface area contributed by atoms with Crippen LogP contribution in [0.3, 0.4) is 0 Å². The minimum Gasteiger partial charge on any atom is -0.338 e. The molecule has 2 aromatic carbocycles. The molecule has 0 saturated carbocycles. The zero-order valence-corrected chi connectivity index (χ0v) is 18.4. The predicted octanol–water partition coefficient (Wildman–Crippen LogP) is 3.48. The van der Waals surface area contributed by atoms with Crippen LogP contribution in [0.25, 0.3) is 0 Å². The van der Waals surface area contributed by atoms with Gasteiger partial charge in [0.05, 0.1) is 12.7 Å². The Kier molecular flexibility index (Phi) is 6.94. The van der Waals surface area contributed by atoms with Gasteiger partial charge in [0.1, 0.15) is 0 Å². The maximum absolute atomic E-state index is 13.3. The molecule has 0 bridgehead atoms. The van der Waals surface area contributed by atoms with E-state index in [0.717, 1.165) is 24.8 Å². The molecule has 0 atom stereocenters. The molecular weight excluding hydrogens is 402 g/mol. The number of amides is 2. The number of hydrogen-bond donors (Lipinski definition) is 0. The van der Waals surface area contributed by atoms with Crippen LogP contribution in [0.5, 0.6) is 0 Å². The van der Waals surface area contributed by atoms with Crippen molar-refractivity contribution in [3.8, 4) is 0 Å². The highest BCUT2D eigenvalue weighted by atomic mass is 16.2. The summed E-state index contributed by atoms with van der Waals surface area (Å²) in [7, 11) is 0. The molecule has 2 amide bonds. The van der Waals surface area contributed by atoms with Crippen LogP contribution in [0.4, 0.5) is 0 Å². The molecule has 3 aromatic rings. The van der Waals surface area contributed by atoms with E-state index in [1.165, 1.54) is 0 Å². The zero-order valence-electron chi connectivity index (χ0n) is 18.4. The number of aromatic nitrogens is 3. The maximum atomic E-state index is 13.3. The van der Waals surface area contributed by atoms with Gasteiger partial charge in [0.15, 0.2) is 5.69 Å². The second-order valence-corrected chi connectivity index (χ2v) is 8.17. The first kappa shape index (κ1) is 21.7. The number of piperidine rings is 1. The summed E-state index contributed by atoms with van der Waals surface area (Å²) in [5.41, 5.74) is 2.19. The number of rotatable bonds is 7. The van der Waals surface area contributed by atoms with Gasteiger partial charge in [-0.1, -0.05) is 60.7 Å². The van der Waals surface area contributed by atoms with Gasteiger partial charge in [0, 0.05) is 31.2 Å². The van der Waals surface area contributed by atoms with Crippen molar-refractivity contribution in [1.29, 1.82) is 0 Å². The zero-order chi connectivity index (χ0) is 22.3. The van der Waals surface area contributed by atoms with Crippen molar-refractivity contribution in [2.75, 3.05) is 19.6 Å². The van der Waals surface area contributed by atoms with Gasteiger partial charge in [-0.3, -0.25) is 9.59 Å². The summed E-state index contributed by atoms with van der Waals surface area (Å²) >= 11 is 0. The second-order valence-electron chi connectivity index (χ2n) is 8.17. The minimum absolute atomic E-state index is 0.0567. The highest BCUT2D eigenvalue weighted by molar-refractivity contribution is 5.94. The molecule has 7 heteroatoms. The van der Waals surface area contributed by atoms with Crippen molar-refractivity contribution in [2.45, 2.75) is 38.8 Å². The monoisotopic (exact) mass is 431 g/mol. The number of hydrogen-bond acceptors (Lipinski definition) is 4. The molecule has 32 heavy (non-hydrogen) atoms. The Morgan fingerprint density at radius 2 is 1.66 bits per heavy atom. The average molecular weight is 432 g/mol. The highest BCUT2D eigenvalue weighted by Gasteiger charge is 2.31. The number of carbonyl (C=O) groups is 2. The lowest BCUT2D eigenvalue weighted by Crippen LogP contribution is -2.49. The van der Waals surface area contributed by atoms with Crippen LogP contribution in [0, 0.1) is 0 Å². The number of likely N-dealkylation sites (tertiary alicyclic amines) is 1. The summed E-state index contributed by atoms with van der Waals surface area (Å²) in [5.74, 6) is -0.0275. The van der Waals surface area contributed by atoms with Crippen LogP contribution >= 0.6 is 0 Å². The van der Waals surface area contributed by atoms with Crippen molar-refractivity contribution >= 4 is 11.8 Å². The summed E-state index contributed by atoms with van der Waals surface area (Å²) in [4.78, 5) is 29.8. The Balaban J connectivity index is 1.39. The lowest BCUT2D eigenvalue weighted by molar-refractivity contribution is 0.0515. The first-order valence-electron chi connectivity index (χ1n) is 11.2. The first-order valence-corrected chi connectivity index (χ1v) is 11.2. The van der Waals surface area contributed by atoms with Gasteiger partial charge in [-0.2, -0.15) is 0 Å². The quantitative estimate of drug-likeness (QED) is 0.574. The lowest BCUT2D eigenvalue weighted by Gasteiger charge is -2.38. The predicted molar refractivity (Wildman–Crippen MR) is 122 cm³/mol. The molecule has 166 valence electrons. The van der Waals surface area contributed by atoms with Crippen molar-refractivity contribution in [2.24, 2.45) is 0 Å². The molecule has 4 rings (SSSR count). The maximum Gasteiger partial charge on any atom is 0.276 e. The van der Waals surface area contributed by atoms with Gasteiger partial charge >= 0.3 is 0 Å². The summed E-state index contributed by atoms with van der Waals surface area (Å²) in [6, 6.07) is 19.5. The van der Waals surface area contributed by atoms with E-state index in [9.17, 15) is 9.59 Å². The molecule has 1 aliphatic rings. The van der Waals surface area contributed by atoms with Crippen LogP contribution < -0.4 is 0 Å². The molecule has 1 aromatic heterocycles. The van der Waals surface area contributed by atoms with E-state index in [-0.39, 0.29) is 17.9 Å². The van der Waals surface area contributed by atoms with Crippen molar-refractivity contribution < 1.29 is 9.59 Å². The smallest absolute Gasteiger partial charge is 0.276 e. The van der Waals surface area contributed by atoms with E-state index in [0.29, 0.717) is 37.4 Å². The minimum atomic E-state index is -0.0843. The Labute approximate surface area is 188 Å². The van der Waals surface area contributed by atoms with Gasteiger partial charge in [-0.25, -0.2) is 4.68 Å². The molecule has 7 nitrogen and oxygen atoms in total. The van der Waals surface area contributed by atoms with E-state index in [1.807, 2.05) is 70.5 Å². The first-order chi connectivity index (χ1) is 15.7. The summed E-state index contributed by atoms with van der Waals surface area (Å²) in [5, 5.41) is 8.31. The third kappa shape index (κ3) is 5.04. The number of nitrogens with zero attached hydrogens (tertiary/aromatic N) is 5. The Hall–Kier alpha value is -3.48. The average Bonchev–Trinajstić information content (AvgIpc) is 3.31. The molecule has 0 aliphatic carbocycles. The molecule has 2 heterocycles. The molecular formula is C25H29N5O2. The fourth-order valence-corrected chi connectivity index (χ4v) is 4.23. The Morgan fingerprint density at radius 1 is 1.00 bits per heavy atom. The fourth-order valence-electron chi connectivity index (χ4n) is 4.23. The normalized spacial score (nSPS) is 14.3. The summed E-state index contributed by atoms with van der Waals surface area (Å²) in [6.07, 6.45) is 4.13. The standard InChI is InChI=1S/C25H29N5O2/c1-2-15-30(22-13-16-28(17-14-22)24(31)21-11-7-4-8-12-21)25(32)23-19-29(27-26-23)18-20-9-5-3-6-10-20/h3-12,19,22H,2,13-18H2,1H3. The SMILES string of the molecule is CCCN(C(=O)c1cn(Cc2ccccc2)nn1)C1CCN(C(=O)c2ccccc2)CC1. The van der Waals surface area contributed by atoms with E-state index in [2.05, 4.69) is 17.2 Å². The number of benzene rings is 2. The summed E-state index contributed by atoms with van der Waals surface area (Å²) < 4.78 is 1.70. The third-order valence-electron chi connectivity index (χ3n) is 5.88. The van der Waals surface area contributed by atoms with Gasteiger partial charge in [0.25, 0.3) is 11.8 Å².